The Morgan fingerprint density at radius 2 is 1.67 bits per heavy atom. The summed E-state index contributed by atoms with van der Waals surface area (Å²) in [5, 5.41) is 4.51. The van der Waals surface area contributed by atoms with Gasteiger partial charge in [-0.2, -0.15) is 4.83 Å². The SMILES string of the molecule is CCN(CC)C(=S)N(C)NS(C)(=O)=CC(=O)NN(C)C(=S)c1ccccc1. The van der Waals surface area contributed by atoms with Gasteiger partial charge in [0.25, 0.3) is 5.91 Å². The third kappa shape index (κ3) is 7.41. The van der Waals surface area contributed by atoms with Crippen molar-refractivity contribution in [1.82, 2.24) is 25.2 Å². The monoisotopic (exact) mass is 429 g/mol. The summed E-state index contributed by atoms with van der Waals surface area (Å²) in [7, 11) is 0.499. The third-order valence-electron chi connectivity index (χ3n) is 3.57. The van der Waals surface area contributed by atoms with E-state index in [1.54, 1.807) is 14.1 Å². The lowest BCUT2D eigenvalue weighted by Crippen LogP contribution is -2.51. The van der Waals surface area contributed by atoms with E-state index in [0.717, 1.165) is 24.0 Å². The number of carbonyl (C=O) groups is 1. The van der Waals surface area contributed by atoms with E-state index in [2.05, 4.69) is 10.3 Å². The highest BCUT2D eigenvalue weighted by Gasteiger charge is 2.15. The lowest BCUT2D eigenvalue weighted by Gasteiger charge is -2.30. The fraction of sp³-hybridized carbons (Fsp3) is 0.412. The van der Waals surface area contributed by atoms with Crippen LogP contribution in [0.4, 0.5) is 0 Å². The summed E-state index contributed by atoms with van der Waals surface area (Å²) in [6.45, 7) is 5.44. The van der Waals surface area contributed by atoms with E-state index in [0.29, 0.717) is 10.1 Å². The number of thiocarbonyl (C=S) groups is 2. The first-order chi connectivity index (χ1) is 12.6. The summed E-state index contributed by atoms with van der Waals surface area (Å²) in [5.74, 6) is -0.530. The van der Waals surface area contributed by atoms with Crippen molar-refractivity contribution in [3.05, 3.63) is 35.9 Å². The molecule has 0 aliphatic rings. The van der Waals surface area contributed by atoms with Gasteiger partial charge in [0.2, 0.25) is 0 Å². The van der Waals surface area contributed by atoms with Crippen molar-refractivity contribution >= 4 is 55.5 Å². The number of hydrazine groups is 2. The summed E-state index contributed by atoms with van der Waals surface area (Å²) in [6, 6.07) is 9.31. The molecule has 1 unspecified atom stereocenters. The van der Waals surface area contributed by atoms with Crippen LogP contribution in [0.3, 0.4) is 0 Å². The summed E-state index contributed by atoms with van der Waals surface area (Å²) < 4.78 is 12.7. The predicted octanol–water partition coefficient (Wildman–Crippen LogP) is 1.02. The number of nitrogens with zero attached hydrogens (tertiary/aromatic N) is 3. The van der Waals surface area contributed by atoms with Crippen LogP contribution in [0.1, 0.15) is 19.4 Å². The van der Waals surface area contributed by atoms with Crippen LogP contribution in [0.5, 0.6) is 0 Å². The highest BCUT2D eigenvalue weighted by molar-refractivity contribution is 7.99. The molecule has 0 bridgehead atoms. The molecule has 0 aliphatic heterocycles. The Morgan fingerprint density at radius 1 is 1.11 bits per heavy atom. The molecular formula is C17H27N5O2S3. The molecule has 0 saturated carbocycles. The minimum atomic E-state index is -2.81. The van der Waals surface area contributed by atoms with Crippen LogP contribution in [-0.2, 0) is 14.5 Å². The van der Waals surface area contributed by atoms with Crippen molar-refractivity contribution < 1.29 is 9.00 Å². The molecule has 0 saturated heterocycles. The van der Waals surface area contributed by atoms with E-state index in [4.69, 9.17) is 24.4 Å². The molecule has 7 nitrogen and oxygen atoms in total. The van der Waals surface area contributed by atoms with Crippen LogP contribution in [0, 0.1) is 0 Å². The Balaban J connectivity index is 2.76. The molecule has 1 amide bonds. The maximum atomic E-state index is 12.7. The molecule has 27 heavy (non-hydrogen) atoms. The molecule has 150 valence electrons. The maximum Gasteiger partial charge on any atom is 0.271 e. The Morgan fingerprint density at radius 3 is 2.19 bits per heavy atom. The third-order valence-corrected chi connectivity index (χ3v) is 5.92. The van der Waals surface area contributed by atoms with Crippen molar-refractivity contribution in [3.8, 4) is 0 Å². The average Bonchev–Trinajstić information content (AvgIpc) is 2.61. The van der Waals surface area contributed by atoms with Crippen LogP contribution in [0.2, 0.25) is 0 Å². The standard InChI is InChI=1S/C17H27N5O2S3/c1-6-22(7-2)17(26)21(4)19-27(5,24)13-15(23)18-20(3)16(25)14-11-9-8-10-12-14/h8-13H,6-7H2,1-5H3,(H,18,23)(H,19,24). The van der Waals surface area contributed by atoms with E-state index in [1.165, 1.54) is 16.3 Å². The molecular weight excluding hydrogens is 402 g/mol. The number of nitrogens with one attached hydrogen (secondary N) is 2. The quantitative estimate of drug-likeness (QED) is 0.517. The molecule has 2 N–H and O–H groups in total. The molecule has 0 aromatic heterocycles. The maximum absolute atomic E-state index is 12.7. The second-order valence-electron chi connectivity index (χ2n) is 5.83. The van der Waals surface area contributed by atoms with E-state index in [1.807, 2.05) is 49.1 Å². The van der Waals surface area contributed by atoms with Gasteiger partial charge in [0.1, 0.15) is 4.99 Å². The summed E-state index contributed by atoms with van der Waals surface area (Å²) in [6.07, 6.45) is 1.43. The van der Waals surface area contributed by atoms with Gasteiger partial charge in [-0.3, -0.25) is 24.4 Å². The number of amides is 1. The largest absolute Gasteiger partial charge is 0.349 e. The molecule has 0 spiro atoms. The first-order valence-corrected chi connectivity index (χ1v) is 11.2. The number of hydrogen-bond donors (Lipinski definition) is 2. The Hall–Kier alpha value is -1.75. The van der Waals surface area contributed by atoms with Gasteiger partial charge < -0.3 is 4.90 Å². The van der Waals surface area contributed by atoms with Gasteiger partial charge in [-0.25, -0.2) is 0 Å². The zero-order chi connectivity index (χ0) is 20.6. The predicted molar refractivity (Wildman–Crippen MR) is 121 cm³/mol. The van der Waals surface area contributed by atoms with Gasteiger partial charge in [-0.15, -0.1) is 0 Å². The van der Waals surface area contributed by atoms with Gasteiger partial charge in [0.15, 0.2) is 5.11 Å². The van der Waals surface area contributed by atoms with Gasteiger partial charge in [-0.1, -0.05) is 42.5 Å². The van der Waals surface area contributed by atoms with Crippen LogP contribution >= 0.6 is 24.4 Å². The van der Waals surface area contributed by atoms with E-state index in [-0.39, 0.29) is 0 Å². The molecule has 10 heteroatoms. The molecule has 1 aromatic rings. The average molecular weight is 430 g/mol. The Labute approximate surface area is 172 Å². The lowest BCUT2D eigenvalue weighted by atomic mass is 10.2. The van der Waals surface area contributed by atoms with Crippen LogP contribution in [-0.4, -0.2) is 73.9 Å². The topological polar surface area (TPSA) is 67.9 Å². The van der Waals surface area contributed by atoms with E-state index in [9.17, 15) is 9.00 Å². The summed E-state index contributed by atoms with van der Waals surface area (Å²) in [4.78, 5) is 17.4. The molecule has 1 aromatic carbocycles. The van der Waals surface area contributed by atoms with Gasteiger partial charge in [0.05, 0.1) is 15.1 Å². The molecule has 1 atom stereocenters. The zero-order valence-corrected chi connectivity index (χ0v) is 18.7. The fourth-order valence-electron chi connectivity index (χ4n) is 2.26. The summed E-state index contributed by atoms with van der Waals surface area (Å²) >= 11 is 10.7. The molecule has 0 heterocycles. The first-order valence-electron chi connectivity index (χ1n) is 8.39. The Bertz CT molecular complexity index is 787. The Kier molecular flexibility index (Phi) is 9.10. The first kappa shape index (κ1) is 23.3. The molecule has 0 fully saturated rings. The van der Waals surface area contributed by atoms with E-state index >= 15 is 0 Å². The van der Waals surface area contributed by atoms with Crippen molar-refractivity contribution in [2.75, 3.05) is 33.4 Å². The normalized spacial score (nSPS) is 12.5. The highest BCUT2D eigenvalue weighted by Crippen LogP contribution is 2.03. The van der Waals surface area contributed by atoms with Crippen molar-refractivity contribution in [3.63, 3.8) is 0 Å². The summed E-state index contributed by atoms with van der Waals surface area (Å²) in [5.41, 5.74) is 3.40. The van der Waals surface area contributed by atoms with Gasteiger partial charge in [-0.05, 0) is 26.1 Å². The zero-order valence-electron chi connectivity index (χ0n) is 16.3. The number of hydrogen-bond acceptors (Lipinski definition) is 4. The number of rotatable bonds is 6. The second-order valence-corrected chi connectivity index (χ2v) is 8.81. The highest BCUT2D eigenvalue weighted by atomic mass is 32.2. The minimum absolute atomic E-state index is 0.452. The van der Waals surface area contributed by atoms with Crippen LogP contribution < -0.4 is 10.3 Å². The van der Waals surface area contributed by atoms with Crippen LogP contribution in [0.15, 0.2) is 30.3 Å². The lowest BCUT2D eigenvalue weighted by molar-refractivity contribution is -0.116. The second kappa shape index (κ2) is 10.5. The van der Waals surface area contributed by atoms with Crippen molar-refractivity contribution in [2.24, 2.45) is 0 Å². The van der Waals surface area contributed by atoms with Gasteiger partial charge in [0, 0.05) is 39.0 Å². The van der Waals surface area contributed by atoms with Crippen molar-refractivity contribution in [1.29, 1.82) is 0 Å². The fourth-order valence-corrected chi connectivity index (χ4v) is 3.95. The van der Waals surface area contributed by atoms with Crippen molar-refractivity contribution in [2.45, 2.75) is 13.8 Å². The molecule has 0 aliphatic carbocycles. The molecule has 0 radical (unpaired) electrons. The number of benzene rings is 1. The smallest absolute Gasteiger partial charge is 0.271 e. The van der Waals surface area contributed by atoms with E-state index < -0.39 is 15.6 Å². The minimum Gasteiger partial charge on any atom is -0.349 e. The molecule has 1 rings (SSSR count). The number of carbonyl (C=O) groups excluding carboxylic acids is 1. The van der Waals surface area contributed by atoms with Crippen LogP contribution in [0.25, 0.3) is 0 Å². The van der Waals surface area contributed by atoms with Gasteiger partial charge >= 0.3 is 0 Å².